The highest BCUT2D eigenvalue weighted by molar-refractivity contribution is 6.13. The molecule has 3 N–H and O–H groups in total. The fraction of sp³-hybridized carbons (Fsp3) is 0.593. The van der Waals surface area contributed by atoms with E-state index in [-0.39, 0.29) is 84.8 Å². The van der Waals surface area contributed by atoms with Gasteiger partial charge >= 0.3 is 5.97 Å². The Morgan fingerprint density at radius 2 is 1.13 bits per heavy atom. The van der Waals surface area contributed by atoms with E-state index >= 15 is 0 Å². The number of nitrogens with two attached hydrogens (primary N) is 1. The number of nitrogen functional groups attached to an aromatic ring is 1. The fourth-order valence-electron chi connectivity index (χ4n) is 11.4. The molecule has 1 aromatic carbocycles. The molecule has 426 valence electrons. The normalized spacial score (nSPS) is 20.5. The first kappa shape index (κ1) is 59.7. The molecule has 79 heavy (non-hydrogen) atoms. The Morgan fingerprint density at radius 1 is 0.658 bits per heavy atom. The first-order valence-electron chi connectivity index (χ1n) is 28.5. The Labute approximate surface area is 461 Å². The van der Waals surface area contributed by atoms with Crippen LogP contribution < -0.4 is 5.73 Å². The molecule has 7 amide bonds. The van der Waals surface area contributed by atoms with Gasteiger partial charge < -0.3 is 25.1 Å². The SMILES string of the molecule is CCN(Cc1nc2c(N)nc3ccccc3c2n1CC(C)(C)O)C(=O)CCCCCCC(=O)C1CCC(CN2C(=O)C=CC2=O)CC1.O=C(CCCCCCC(=O)C1CCC(CN2C(=O)C=CC2=O)CC1)ON1C(=O)CCC1=O. The zero-order valence-corrected chi connectivity index (χ0v) is 46.2. The summed E-state index contributed by atoms with van der Waals surface area (Å²) in [5, 5.41) is 12.2. The van der Waals surface area contributed by atoms with Gasteiger partial charge in [0.15, 0.2) is 5.82 Å². The molecule has 3 aliphatic heterocycles. The number of hydroxylamine groups is 2. The molecule has 2 saturated carbocycles. The lowest BCUT2D eigenvalue weighted by Gasteiger charge is -2.30. The standard InChI is InChI=1S/C36H48N6O5.C23H30N2O7/c1-4-40(22-29-39-33-34(42(29)23-36(2,3)47)26-11-9-10-12-27(26)38-35(33)37)30(44)14-8-6-5-7-13-28(43)25-17-15-24(16-18-25)21-41-31(45)19-20-32(41)46;26-18(17-9-7-16(8-10-17)15-24-19(27)11-12-20(24)28)5-3-1-2-4-6-23(31)32-25-21(29)13-14-22(25)30/h9-12,19-20,24-25,47H,4-8,13-18,21-23H2,1-3H3,(H2,37,38);11-12,16-17H,1-10,13-15H2. The minimum Gasteiger partial charge on any atom is -0.389 e. The van der Waals surface area contributed by atoms with Crippen LogP contribution in [-0.2, 0) is 65.9 Å². The topological polar surface area (TPSA) is 270 Å². The Hall–Kier alpha value is -6.96. The second-order valence-electron chi connectivity index (χ2n) is 22.5. The van der Waals surface area contributed by atoms with Gasteiger partial charge in [-0.15, -0.1) is 5.06 Å². The number of nitrogens with zero attached hydrogens (tertiary/aromatic N) is 7. The van der Waals surface area contributed by atoms with Gasteiger partial charge in [-0.1, -0.05) is 43.9 Å². The molecule has 3 fully saturated rings. The highest BCUT2D eigenvalue weighted by atomic mass is 16.7. The van der Waals surface area contributed by atoms with Gasteiger partial charge in [0, 0.05) is 99.7 Å². The highest BCUT2D eigenvalue weighted by Crippen LogP contribution is 2.34. The van der Waals surface area contributed by atoms with Crippen molar-refractivity contribution in [1.29, 1.82) is 0 Å². The van der Waals surface area contributed by atoms with Crippen molar-refractivity contribution in [2.75, 3.05) is 25.4 Å². The second-order valence-corrected chi connectivity index (χ2v) is 22.5. The largest absolute Gasteiger partial charge is 0.389 e. The molecular formula is C59H78N8O12. The number of anilines is 1. The van der Waals surface area contributed by atoms with E-state index in [0.717, 1.165) is 113 Å². The van der Waals surface area contributed by atoms with Crippen LogP contribution >= 0.6 is 0 Å². The maximum absolute atomic E-state index is 13.3. The number of aromatic nitrogens is 3. The van der Waals surface area contributed by atoms with E-state index in [2.05, 4.69) is 4.98 Å². The number of hydrogen-bond donors (Lipinski definition) is 2. The van der Waals surface area contributed by atoms with Crippen molar-refractivity contribution < 1.29 is 57.9 Å². The van der Waals surface area contributed by atoms with Crippen molar-refractivity contribution in [3.8, 4) is 0 Å². The summed E-state index contributed by atoms with van der Waals surface area (Å²) < 4.78 is 1.97. The number of para-hydroxylation sites is 1. The smallest absolute Gasteiger partial charge is 0.333 e. The van der Waals surface area contributed by atoms with Crippen molar-refractivity contribution in [2.45, 2.75) is 181 Å². The summed E-state index contributed by atoms with van der Waals surface area (Å²) in [7, 11) is 0. The number of fused-ring (bicyclic) bond motifs is 3. The van der Waals surface area contributed by atoms with Crippen molar-refractivity contribution in [1.82, 2.24) is 34.3 Å². The summed E-state index contributed by atoms with van der Waals surface area (Å²) in [5.41, 5.74) is 7.44. The van der Waals surface area contributed by atoms with Gasteiger partial charge in [0.2, 0.25) is 5.91 Å². The van der Waals surface area contributed by atoms with E-state index in [9.17, 15) is 53.1 Å². The number of unbranched alkanes of at least 4 members (excludes halogenated alkanes) is 6. The molecule has 5 aliphatic rings. The molecule has 20 nitrogen and oxygen atoms in total. The van der Waals surface area contributed by atoms with Crippen LogP contribution in [0.1, 0.15) is 168 Å². The lowest BCUT2D eigenvalue weighted by Crippen LogP contribution is -2.36. The minimum absolute atomic E-state index is 0.0475. The monoisotopic (exact) mass is 1090 g/mol. The Kier molecular flexibility index (Phi) is 21.0. The van der Waals surface area contributed by atoms with Crippen LogP contribution in [0.15, 0.2) is 48.6 Å². The molecule has 3 aromatic rings. The lowest BCUT2D eigenvalue weighted by molar-refractivity contribution is -0.197. The Bertz CT molecular complexity index is 2780. The third-order valence-corrected chi connectivity index (χ3v) is 15.9. The van der Waals surface area contributed by atoms with Gasteiger partial charge in [-0.05, 0) is 116 Å². The molecule has 8 rings (SSSR count). The number of Topliss-reactive ketones (excluding diaryl/α,β-unsaturated/α-hetero) is 2. The van der Waals surface area contributed by atoms with E-state index in [0.29, 0.717) is 79.9 Å². The van der Waals surface area contributed by atoms with Crippen LogP contribution in [0.3, 0.4) is 0 Å². The fourth-order valence-corrected chi connectivity index (χ4v) is 11.4. The van der Waals surface area contributed by atoms with E-state index in [1.165, 1.54) is 34.1 Å². The van der Waals surface area contributed by atoms with Crippen LogP contribution in [0.2, 0.25) is 0 Å². The van der Waals surface area contributed by atoms with Crippen molar-refractivity contribution in [2.24, 2.45) is 23.7 Å². The summed E-state index contributed by atoms with van der Waals surface area (Å²) in [5.74, 6) is -0.274. The molecule has 0 unspecified atom stereocenters. The first-order chi connectivity index (χ1) is 37.8. The number of amides is 7. The second kappa shape index (κ2) is 27.8. The van der Waals surface area contributed by atoms with Crippen LogP contribution in [0.5, 0.6) is 0 Å². The zero-order chi connectivity index (χ0) is 56.8. The van der Waals surface area contributed by atoms with Gasteiger partial charge in [0.1, 0.15) is 22.9 Å². The average Bonchev–Trinajstić information content (AvgIpc) is 4.19. The predicted octanol–water partition coefficient (Wildman–Crippen LogP) is 7.16. The minimum atomic E-state index is -1.02. The summed E-state index contributed by atoms with van der Waals surface area (Å²) in [4.78, 5) is 139. The molecule has 20 heteroatoms. The quantitative estimate of drug-likeness (QED) is 0.0596. The van der Waals surface area contributed by atoms with Crippen LogP contribution in [0.25, 0.3) is 21.9 Å². The van der Waals surface area contributed by atoms with Gasteiger partial charge in [-0.3, -0.25) is 53.0 Å². The van der Waals surface area contributed by atoms with Crippen LogP contribution in [-0.4, -0.2) is 124 Å². The molecule has 2 aromatic heterocycles. The van der Waals surface area contributed by atoms with Gasteiger partial charge in [-0.25, -0.2) is 14.8 Å². The molecule has 1 saturated heterocycles. The molecule has 2 aliphatic carbocycles. The number of hydrogen-bond acceptors (Lipinski definition) is 15. The molecule has 0 radical (unpaired) electrons. The average molecular weight is 1090 g/mol. The number of pyridine rings is 1. The summed E-state index contributed by atoms with van der Waals surface area (Å²) in [6, 6.07) is 7.72. The number of benzene rings is 1. The number of carbonyl (C=O) groups is 10. The number of carbonyl (C=O) groups excluding carboxylic acids is 10. The summed E-state index contributed by atoms with van der Waals surface area (Å²) in [6.45, 7) is 7.45. The number of imide groups is 3. The first-order valence-corrected chi connectivity index (χ1v) is 28.5. The van der Waals surface area contributed by atoms with Gasteiger partial charge in [-0.2, -0.15) is 0 Å². The molecule has 0 spiro atoms. The third-order valence-electron chi connectivity index (χ3n) is 15.9. The Morgan fingerprint density at radius 3 is 1.61 bits per heavy atom. The third kappa shape index (κ3) is 16.3. The Balaban J connectivity index is 0.000000246. The number of rotatable bonds is 26. The van der Waals surface area contributed by atoms with E-state index < -0.39 is 23.4 Å². The van der Waals surface area contributed by atoms with Crippen molar-refractivity contribution >= 4 is 86.6 Å². The molecule has 5 heterocycles. The molecular weight excluding hydrogens is 1010 g/mol. The van der Waals surface area contributed by atoms with Crippen molar-refractivity contribution in [3.05, 3.63) is 54.4 Å². The van der Waals surface area contributed by atoms with E-state index in [1.807, 2.05) is 35.8 Å². The number of aliphatic hydroxyl groups is 1. The molecule has 0 atom stereocenters. The highest BCUT2D eigenvalue weighted by Gasteiger charge is 2.35. The summed E-state index contributed by atoms with van der Waals surface area (Å²) >= 11 is 0. The molecule has 0 bridgehead atoms. The maximum atomic E-state index is 13.3. The van der Waals surface area contributed by atoms with Gasteiger partial charge in [0.25, 0.3) is 35.4 Å². The number of ketones is 2. The van der Waals surface area contributed by atoms with Crippen molar-refractivity contribution in [3.63, 3.8) is 0 Å². The van der Waals surface area contributed by atoms with Crippen LogP contribution in [0.4, 0.5) is 5.82 Å². The van der Waals surface area contributed by atoms with Crippen LogP contribution in [0, 0.1) is 23.7 Å². The maximum Gasteiger partial charge on any atom is 0.333 e. The zero-order valence-electron chi connectivity index (χ0n) is 46.2. The summed E-state index contributed by atoms with van der Waals surface area (Å²) in [6.07, 6.45) is 19.9. The number of imidazole rings is 1. The van der Waals surface area contributed by atoms with E-state index in [1.54, 1.807) is 18.7 Å². The lowest BCUT2D eigenvalue weighted by atomic mass is 9.79. The van der Waals surface area contributed by atoms with E-state index in [4.69, 9.17) is 15.6 Å². The predicted molar refractivity (Wildman–Crippen MR) is 292 cm³/mol. The van der Waals surface area contributed by atoms with Gasteiger partial charge in [0.05, 0.1) is 29.7 Å².